The number of fused-ring (bicyclic) bond motifs is 1. The molecule has 0 fully saturated rings. The van der Waals surface area contributed by atoms with E-state index in [0.29, 0.717) is 17.1 Å². The van der Waals surface area contributed by atoms with E-state index in [1.807, 2.05) is 30.3 Å². The van der Waals surface area contributed by atoms with Crippen molar-refractivity contribution in [3.63, 3.8) is 0 Å². The number of furan rings is 1. The van der Waals surface area contributed by atoms with Gasteiger partial charge in [-0.25, -0.2) is 4.98 Å². The summed E-state index contributed by atoms with van der Waals surface area (Å²) < 4.78 is 6.86. The predicted molar refractivity (Wildman–Crippen MR) is 111 cm³/mol. The van der Waals surface area contributed by atoms with Crippen LogP contribution in [-0.4, -0.2) is 15.8 Å². The van der Waals surface area contributed by atoms with E-state index in [2.05, 4.69) is 10.3 Å². The zero-order valence-corrected chi connectivity index (χ0v) is 15.9. The molecule has 0 aliphatic carbocycles. The molecule has 1 N–H and O–H groups in total. The Morgan fingerprint density at radius 3 is 2.76 bits per heavy atom. The van der Waals surface area contributed by atoms with E-state index in [4.69, 9.17) is 4.42 Å². The van der Waals surface area contributed by atoms with Crippen molar-refractivity contribution in [1.29, 1.82) is 0 Å². The van der Waals surface area contributed by atoms with Gasteiger partial charge in [-0.2, -0.15) is 0 Å². The Morgan fingerprint density at radius 2 is 1.93 bits per heavy atom. The minimum absolute atomic E-state index is 0.0527. The third-order valence-corrected chi connectivity index (χ3v) is 5.20. The number of thiazole rings is 1. The first-order valence-electron chi connectivity index (χ1n) is 8.74. The lowest BCUT2D eigenvalue weighted by molar-refractivity contribution is -0.385. The molecule has 4 aromatic rings. The molecule has 1 amide bonds. The Balaban J connectivity index is 1.40. The molecule has 0 bridgehead atoms. The summed E-state index contributed by atoms with van der Waals surface area (Å²) in [6.07, 6.45) is 2.68. The number of nitro benzene ring substituents is 1. The van der Waals surface area contributed by atoms with Gasteiger partial charge in [0, 0.05) is 12.1 Å². The summed E-state index contributed by atoms with van der Waals surface area (Å²) in [6, 6.07) is 17.7. The molecule has 2 heterocycles. The maximum absolute atomic E-state index is 12.0. The summed E-state index contributed by atoms with van der Waals surface area (Å²) in [5, 5.41) is 14.5. The van der Waals surface area contributed by atoms with Gasteiger partial charge in [0.05, 0.1) is 27.2 Å². The van der Waals surface area contributed by atoms with Crippen LogP contribution in [0, 0.1) is 10.1 Å². The quantitative estimate of drug-likeness (QED) is 0.282. The second kappa shape index (κ2) is 8.07. The van der Waals surface area contributed by atoms with Crippen molar-refractivity contribution in [1.82, 2.24) is 10.3 Å². The number of hydrogen-bond donors (Lipinski definition) is 1. The average Bonchev–Trinajstić information content (AvgIpc) is 3.37. The highest BCUT2D eigenvalue weighted by Gasteiger charge is 2.12. The molecule has 0 spiro atoms. The molecular formula is C21H15N3O4S. The Labute approximate surface area is 169 Å². The van der Waals surface area contributed by atoms with Crippen LogP contribution >= 0.6 is 11.3 Å². The zero-order chi connectivity index (χ0) is 20.2. The lowest BCUT2D eigenvalue weighted by Gasteiger charge is -1.99. The van der Waals surface area contributed by atoms with Crippen LogP contribution in [0.1, 0.15) is 11.3 Å². The Morgan fingerprint density at radius 1 is 1.14 bits per heavy atom. The molecule has 0 saturated heterocycles. The van der Waals surface area contributed by atoms with Gasteiger partial charge in [0.2, 0.25) is 5.91 Å². The molecule has 0 radical (unpaired) electrons. The first-order valence-corrected chi connectivity index (χ1v) is 9.56. The van der Waals surface area contributed by atoms with Crippen molar-refractivity contribution in [2.24, 2.45) is 0 Å². The number of hydrogen-bond acceptors (Lipinski definition) is 6. The monoisotopic (exact) mass is 405 g/mol. The summed E-state index contributed by atoms with van der Waals surface area (Å²) in [5.74, 6) is 0.860. The average molecular weight is 405 g/mol. The highest BCUT2D eigenvalue weighted by atomic mass is 32.1. The van der Waals surface area contributed by atoms with Gasteiger partial charge in [-0.15, -0.1) is 11.3 Å². The fraction of sp³-hybridized carbons (Fsp3) is 0.0476. The van der Waals surface area contributed by atoms with E-state index >= 15 is 0 Å². The van der Waals surface area contributed by atoms with Crippen LogP contribution in [0.4, 0.5) is 5.69 Å². The molecule has 4 rings (SSSR count). The van der Waals surface area contributed by atoms with Crippen LogP contribution in [0.2, 0.25) is 0 Å². The Bertz CT molecular complexity index is 1190. The van der Waals surface area contributed by atoms with Gasteiger partial charge in [-0.1, -0.05) is 24.3 Å². The van der Waals surface area contributed by atoms with Crippen molar-refractivity contribution in [2.45, 2.75) is 6.54 Å². The van der Waals surface area contributed by atoms with E-state index in [1.54, 1.807) is 24.3 Å². The molecule has 0 atom stereocenters. The van der Waals surface area contributed by atoms with Crippen LogP contribution in [-0.2, 0) is 11.3 Å². The van der Waals surface area contributed by atoms with Gasteiger partial charge < -0.3 is 9.73 Å². The Hall–Kier alpha value is -3.78. The number of rotatable bonds is 6. The van der Waals surface area contributed by atoms with Crippen LogP contribution in [0.15, 0.2) is 71.2 Å². The van der Waals surface area contributed by atoms with Crippen molar-refractivity contribution in [3.05, 3.63) is 88.2 Å². The Kier molecular flexibility index (Phi) is 5.17. The number of para-hydroxylation sites is 2. The topological polar surface area (TPSA) is 98.3 Å². The highest BCUT2D eigenvalue weighted by molar-refractivity contribution is 7.21. The molecule has 0 aliphatic rings. The molecule has 0 aliphatic heterocycles. The van der Waals surface area contributed by atoms with Gasteiger partial charge in [0.25, 0.3) is 5.69 Å². The zero-order valence-electron chi connectivity index (χ0n) is 15.1. The van der Waals surface area contributed by atoms with Gasteiger partial charge in [0.15, 0.2) is 10.8 Å². The molecular weight excluding hydrogens is 390 g/mol. The minimum Gasteiger partial charge on any atom is -0.457 e. The number of carbonyl (C=O) groups excluding carboxylic acids is 1. The number of carbonyl (C=O) groups is 1. The number of nitrogens with one attached hydrogen (secondary N) is 1. The third-order valence-electron chi connectivity index (χ3n) is 4.15. The molecule has 29 heavy (non-hydrogen) atoms. The van der Waals surface area contributed by atoms with Crippen molar-refractivity contribution < 1.29 is 14.1 Å². The summed E-state index contributed by atoms with van der Waals surface area (Å²) in [4.78, 5) is 27.1. The van der Waals surface area contributed by atoms with Gasteiger partial charge in [-0.3, -0.25) is 14.9 Å². The minimum atomic E-state index is -0.482. The summed E-state index contributed by atoms with van der Waals surface area (Å²) in [7, 11) is 0. The SMILES string of the molecule is O=C(/C=C/c1ccccc1[N+](=O)[O-])NCc1ccc(-c2nc3ccccc3s2)o1. The normalized spacial score (nSPS) is 11.2. The van der Waals surface area contributed by atoms with Crippen molar-refractivity contribution in [3.8, 4) is 10.8 Å². The molecule has 8 heteroatoms. The standard InChI is InChI=1S/C21H15N3O4S/c25-20(12-9-14-5-1-3-7-17(14)24(26)27)22-13-15-10-11-18(28-15)21-23-16-6-2-4-8-19(16)29-21/h1-12H,13H2,(H,22,25)/b12-9+. The number of benzene rings is 2. The van der Waals surface area contributed by atoms with Crippen LogP contribution in [0.3, 0.4) is 0 Å². The van der Waals surface area contributed by atoms with Crippen molar-refractivity contribution in [2.75, 3.05) is 0 Å². The van der Waals surface area contributed by atoms with E-state index in [0.717, 1.165) is 15.2 Å². The molecule has 144 valence electrons. The van der Waals surface area contributed by atoms with Gasteiger partial charge >= 0.3 is 0 Å². The number of aromatic nitrogens is 1. The molecule has 2 aromatic carbocycles. The largest absolute Gasteiger partial charge is 0.457 e. The fourth-order valence-electron chi connectivity index (χ4n) is 2.76. The van der Waals surface area contributed by atoms with Crippen molar-refractivity contribution >= 4 is 39.2 Å². The summed E-state index contributed by atoms with van der Waals surface area (Å²) in [5.41, 5.74) is 1.23. The van der Waals surface area contributed by atoms with E-state index in [-0.39, 0.29) is 18.1 Å². The van der Waals surface area contributed by atoms with E-state index < -0.39 is 4.92 Å². The third kappa shape index (κ3) is 4.22. The fourth-order valence-corrected chi connectivity index (χ4v) is 3.69. The first kappa shape index (κ1) is 18.6. The van der Waals surface area contributed by atoms with Gasteiger partial charge in [-0.05, 0) is 36.4 Å². The molecule has 7 nitrogen and oxygen atoms in total. The van der Waals surface area contributed by atoms with Crippen LogP contribution < -0.4 is 5.32 Å². The predicted octanol–water partition coefficient (Wildman–Crippen LogP) is 4.79. The molecule has 0 unspecified atom stereocenters. The molecule has 0 saturated carbocycles. The lowest BCUT2D eigenvalue weighted by Crippen LogP contribution is -2.19. The van der Waals surface area contributed by atoms with Crippen LogP contribution in [0.25, 0.3) is 27.1 Å². The molecule has 2 aromatic heterocycles. The maximum atomic E-state index is 12.0. The smallest absolute Gasteiger partial charge is 0.276 e. The van der Waals surface area contributed by atoms with Crippen LogP contribution in [0.5, 0.6) is 0 Å². The first-order chi connectivity index (χ1) is 14.1. The maximum Gasteiger partial charge on any atom is 0.276 e. The second-order valence-electron chi connectivity index (χ2n) is 6.12. The second-order valence-corrected chi connectivity index (χ2v) is 7.15. The van der Waals surface area contributed by atoms with E-state index in [9.17, 15) is 14.9 Å². The van der Waals surface area contributed by atoms with E-state index in [1.165, 1.54) is 29.6 Å². The number of amides is 1. The number of nitro groups is 1. The summed E-state index contributed by atoms with van der Waals surface area (Å²) in [6.45, 7) is 0.199. The highest BCUT2D eigenvalue weighted by Crippen LogP contribution is 2.31. The summed E-state index contributed by atoms with van der Waals surface area (Å²) >= 11 is 1.54. The van der Waals surface area contributed by atoms with Gasteiger partial charge in [0.1, 0.15) is 5.76 Å². The number of nitrogens with zero attached hydrogens (tertiary/aromatic N) is 2. The lowest BCUT2D eigenvalue weighted by atomic mass is 10.1.